The van der Waals surface area contributed by atoms with Crippen LogP contribution in [0, 0.1) is 5.92 Å². The van der Waals surface area contributed by atoms with Crippen LogP contribution < -0.4 is 0 Å². The van der Waals surface area contributed by atoms with Gasteiger partial charge in [-0.25, -0.2) is 0 Å². The molecule has 1 aliphatic carbocycles. The summed E-state index contributed by atoms with van der Waals surface area (Å²) in [7, 11) is 0. The zero-order valence-electron chi connectivity index (χ0n) is 16.4. The Bertz CT molecular complexity index is 1200. The number of pyridine rings is 2. The number of fused-ring (bicyclic) bond motifs is 3. The van der Waals surface area contributed by atoms with Crippen molar-refractivity contribution in [2.45, 2.75) is 39.5 Å². The lowest BCUT2D eigenvalue weighted by molar-refractivity contribution is 0.630. The van der Waals surface area contributed by atoms with Crippen molar-refractivity contribution in [1.29, 1.82) is 0 Å². The molecule has 2 aromatic heterocycles. The van der Waals surface area contributed by atoms with Crippen LogP contribution in [0.3, 0.4) is 0 Å². The van der Waals surface area contributed by atoms with Gasteiger partial charge in [0.25, 0.3) is 0 Å². The van der Waals surface area contributed by atoms with Crippen LogP contribution >= 0.6 is 0 Å². The van der Waals surface area contributed by atoms with Gasteiger partial charge in [0.15, 0.2) is 0 Å². The van der Waals surface area contributed by atoms with E-state index < -0.39 is 0 Å². The van der Waals surface area contributed by atoms with E-state index in [1.807, 2.05) is 18.5 Å². The summed E-state index contributed by atoms with van der Waals surface area (Å²) in [5.41, 5.74) is 7.46. The largest absolute Gasteiger partial charge is 0.256 e. The highest BCUT2D eigenvalue weighted by Crippen LogP contribution is 2.49. The van der Waals surface area contributed by atoms with Crippen molar-refractivity contribution in [3.8, 4) is 11.3 Å². The van der Waals surface area contributed by atoms with E-state index in [1.165, 1.54) is 38.4 Å². The number of rotatable bonds is 2. The van der Waals surface area contributed by atoms with Crippen LogP contribution in [0.25, 0.3) is 32.9 Å². The van der Waals surface area contributed by atoms with Crippen LogP contribution in [-0.4, -0.2) is 9.97 Å². The number of aromatic nitrogens is 2. The molecule has 2 aromatic carbocycles. The first-order chi connectivity index (χ1) is 12.9. The lowest BCUT2D eigenvalue weighted by Gasteiger charge is -2.35. The van der Waals surface area contributed by atoms with E-state index in [0.717, 1.165) is 17.6 Å². The fourth-order valence-electron chi connectivity index (χ4n) is 4.64. The van der Waals surface area contributed by atoms with Gasteiger partial charge >= 0.3 is 0 Å². The molecule has 0 saturated carbocycles. The summed E-state index contributed by atoms with van der Waals surface area (Å²) >= 11 is 0. The first-order valence-corrected chi connectivity index (χ1v) is 9.77. The van der Waals surface area contributed by atoms with Gasteiger partial charge in [0.05, 0.1) is 11.2 Å². The van der Waals surface area contributed by atoms with E-state index in [4.69, 9.17) is 4.98 Å². The van der Waals surface area contributed by atoms with Gasteiger partial charge in [-0.3, -0.25) is 9.97 Å². The molecule has 2 nitrogen and oxygen atoms in total. The summed E-state index contributed by atoms with van der Waals surface area (Å²) in [5.74, 6) is 0.642. The second kappa shape index (κ2) is 5.63. The lowest BCUT2D eigenvalue weighted by atomic mass is 9.69. The van der Waals surface area contributed by atoms with Crippen molar-refractivity contribution in [2.75, 3.05) is 0 Å². The van der Waals surface area contributed by atoms with Crippen molar-refractivity contribution in [3.63, 3.8) is 0 Å². The predicted octanol–water partition coefficient (Wildman–Crippen LogP) is 6.29. The Morgan fingerprint density at radius 2 is 1.74 bits per heavy atom. The van der Waals surface area contributed by atoms with Gasteiger partial charge in [0, 0.05) is 34.1 Å². The minimum atomic E-state index is -0.0810. The van der Waals surface area contributed by atoms with E-state index in [1.54, 1.807) is 0 Å². The monoisotopic (exact) mass is 352 g/mol. The number of hydrogen-bond donors (Lipinski definition) is 0. The van der Waals surface area contributed by atoms with E-state index >= 15 is 0 Å². The predicted molar refractivity (Wildman–Crippen MR) is 113 cm³/mol. The maximum absolute atomic E-state index is 4.82. The Morgan fingerprint density at radius 1 is 0.889 bits per heavy atom. The topological polar surface area (TPSA) is 25.8 Å². The molecule has 134 valence electrons. The summed E-state index contributed by atoms with van der Waals surface area (Å²) in [6.45, 7) is 9.24. The first-order valence-electron chi connectivity index (χ1n) is 9.77. The highest BCUT2D eigenvalue weighted by atomic mass is 14.7. The molecule has 2 heteroatoms. The average molecular weight is 352 g/mol. The second-order valence-electron chi connectivity index (χ2n) is 8.72. The van der Waals surface area contributed by atoms with Gasteiger partial charge in [0.2, 0.25) is 0 Å². The summed E-state index contributed by atoms with van der Waals surface area (Å²) in [5, 5.41) is 3.79. The smallest absolute Gasteiger partial charge is 0.0786 e. The maximum Gasteiger partial charge on any atom is 0.0786 e. The molecule has 2 heterocycles. The molecule has 0 atom stereocenters. The van der Waals surface area contributed by atoms with E-state index in [-0.39, 0.29) is 5.41 Å². The van der Waals surface area contributed by atoms with Crippen LogP contribution in [0.4, 0.5) is 0 Å². The van der Waals surface area contributed by atoms with Gasteiger partial charge in [-0.15, -0.1) is 0 Å². The quantitative estimate of drug-likeness (QED) is 0.424. The molecule has 0 spiro atoms. The minimum Gasteiger partial charge on any atom is -0.256 e. The van der Waals surface area contributed by atoms with Crippen molar-refractivity contribution in [2.24, 2.45) is 5.92 Å². The fourth-order valence-corrected chi connectivity index (χ4v) is 4.64. The number of benzene rings is 2. The molecule has 0 saturated heterocycles. The SMILES string of the molecule is CC(C)Cc1cc2c3c(nccc3c1)-c1cc3cccnc3cc1C2(C)C. The van der Waals surface area contributed by atoms with Crippen LogP contribution in [0.1, 0.15) is 44.4 Å². The Balaban J connectivity index is 1.90. The van der Waals surface area contributed by atoms with Crippen molar-refractivity contribution in [1.82, 2.24) is 9.97 Å². The molecule has 4 aromatic rings. The molecule has 0 aliphatic heterocycles. The lowest BCUT2D eigenvalue weighted by Crippen LogP contribution is -2.24. The number of hydrogen-bond acceptors (Lipinski definition) is 2. The van der Waals surface area contributed by atoms with Crippen molar-refractivity contribution < 1.29 is 0 Å². The number of nitrogens with zero attached hydrogens (tertiary/aromatic N) is 2. The van der Waals surface area contributed by atoms with Crippen molar-refractivity contribution >= 4 is 21.7 Å². The molecule has 0 amide bonds. The van der Waals surface area contributed by atoms with E-state index in [2.05, 4.69) is 69.1 Å². The third-order valence-corrected chi connectivity index (χ3v) is 5.91. The van der Waals surface area contributed by atoms with Crippen LogP contribution in [0.5, 0.6) is 0 Å². The Labute approximate surface area is 160 Å². The third-order valence-electron chi connectivity index (χ3n) is 5.91. The average Bonchev–Trinajstić information content (AvgIpc) is 2.64. The Morgan fingerprint density at radius 3 is 2.56 bits per heavy atom. The molecule has 0 radical (unpaired) electrons. The molecule has 0 fully saturated rings. The van der Waals surface area contributed by atoms with Gasteiger partial charge in [-0.2, -0.15) is 0 Å². The first kappa shape index (κ1) is 16.4. The Kier molecular flexibility index (Phi) is 3.42. The van der Waals surface area contributed by atoms with Crippen molar-refractivity contribution in [3.05, 3.63) is 71.5 Å². The van der Waals surface area contributed by atoms with Gasteiger partial charge in [-0.1, -0.05) is 45.9 Å². The molecule has 0 N–H and O–H groups in total. The summed E-state index contributed by atoms with van der Waals surface area (Å²) in [6.07, 6.45) is 4.93. The van der Waals surface area contributed by atoms with E-state index in [0.29, 0.717) is 5.92 Å². The third kappa shape index (κ3) is 2.39. The van der Waals surface area contributed by atoms with E-state index in [9.17, 15) is 0 Å². The molecular formula is C25H24N2. The zero-order valence-corrected chi connectivity index (χ0v) is 16.4. The highest BCUT2D eigenvalue weighted by Gasteiger charge is 2.34. The molecule has 5 rings (SSSR count). The molecular weight excluding hydrogens is 328 g/mol. The minimum absolute atomic E-state index is 0.0810. The highest BCUT2D eigenvalue weighted by molar-refractivity contribution is 6.03. The Hall–Kier alpha value is -2.74. The molecule has 0 unspecified atom stereocenters. The molecule has 1 aliphatic rings. The standard InChI is InChI=1S/C25H24N2/c1-15(2)10-16-11-18-7-9-27-24-19-13-17-6-5-8-26-22(17)14-20(19)25(3,4)21(12-16)23(18)24/h5-9,11-15H,10H2,1-4H3. The fraction of sp³-hybridized carbons (Fsp3) is 0.280. The normalized spacial score (nSPS) is 14.7. The van der Waals surface area contributed by atoms with Gasteiger partial charge in [0.1, 0.15) is 0 Å². The van der Waals surface area contributed by atoms with Crippen LogP contribution in [-0.2, 0) is 11.8 Å². The summed E-state index contributed by atoms with van der Waals surface area (Å²) in [4.78, 5) is 9.42. The molecule has 0 bridgehead atoms. The summed E-state index contributed by atoms with van der Waals surface area (Å²) in [6, 6.07) is 15.6. The maximum atomic E-state index is 4.82. The van der Waals surface area contributed by atoms with Crippen LogP contribution in [0.15, 0.2) is 54.9 Å². The van der Waals surface area contributed by atoms with Gasteiger partial charge in [-0.05, 0) is 58.7 Å². The molecule has 27 heavy (non-hydrogen) atoms. The van der Waals surface area contributed by atoms with Gasteiger partial charge < -0.3 is 0 Å². The zero-order chi connectivity index (χ0) is 18.8. The summed E-state index contributed by atoms with van der Waals surface area (Å²) < 4.78 is 0. The van der Waals surface area contributed by atoms with Crippen LogP contribution in [0.2, 0.25) is 0 Å². The second-order valence-corrected chi connectivity index (χ2v) is 8.72.